The number of amides is 1. The zero-order valence-electron chi connectivity index (χ0n) is 16.8. The Morgan fingerprint density at radius 1 is 1.13 bits per heavy atom. The first-order chi connectivity index (χ1) is 14.7. The van der Waals surface area contributed by atoms with Gasteiger partial charge in [0, 0.05) is 0 Å². The van der Waals surface area contributed by atoms with Gasteiger partial charge in [0.05, 0.1) is 35.7 Å². The molecule has 0 aliphatic rings. The van der Waals surface area contributed by atoms with Crippen molar-refractivity contribution < 1.29 is 22.4 Å². The summed E-state index contributed by atoms with van der Waals surface area (Å²) in [5.74, 6) is 0.168. The number of anilines is 1. The molecule has 0 unspecified atom stereocenters. The summed E-state index contributed by atoms with van der Waals surface area (Å²) in [4.78, 5) is 12.6. The Bertz CT molecular complexity index is 1180. The highest BCUT2D eigenvalue weighted by Gasteiger charge is 2.30. The minimum absolute atomic E-state index is 0.0695. The number of hydrogen-bond donors (Lipinski definition) is 1. The van der Waals surface area contributed by atoms with Gasteiger partial charge in [-0.1, -0.05) is 29.3 Å². The molecule has 10 heteroatoms. The molecule has 0 spiro atoms. The molecule has 0 atom stereocenters. The van der Waals surface area contributed by atoms with Crippen LogP contribution in [-0.4, -0.2) is 28.0 Å². The van der Waals surface area contributed by atoms with Crippen LogP contribution in [0.25, 0.3) is 0 Å². The number of benzene rings is 2. The number of carbonyl (C=O) groups excluding carboxylic acids is 1. The number of aryl methyl sites for hydroxylation is 1. The normalized spacial score (nSPS) is 11.2. The lowest BCUT2D eigenvalue weighted by Crippen LogP contribution is -2.40. The van der Waals surface area contributed by atoms with Gasteiger partial charge in [-0.3, -0.25) is 9.10 Å². The molecule has 0 aliphatic heterocycles. The Hall–Kier alpha value is -2.68. The van der Waals surface area contributed by atoms with Crippen LogP contribution in [0.5, 0.6) is 5.75 Å². The van der Waals surface area contributed by atoms with E-state index in [1.54, 1.807) is 31.2 Å². The Balaban J connectivity index is 1.99. The van der Waals surface area contributed by atoms with E-state index < -0.39 is 22.5 Å². The molecule has 2 aromatic carbocycles. The molecule has 1 heterocycles. The summed E-state index contributed by atoms with van der Waals surface area (Å²) in [6.45, 7) is 1.39. The second kappa shape index (κ2) is 9.64. The predicted molar refractivity (Wildman–Crippen MR) is 119 cm³/mol. The molecule has 3 aromatic rings. The van der Waals surface area contributed by atoms with Gasteiger partial charge in [-0.05, 0) is 55.0 Å². The van der Waals surface area contributed by atoms with Gasteiger partial charge in [-0.2, -0.15) is 0 Å². The summed E-state index contributed by atoms with van der Waals surface area (Å²) in [6, 6.07) is 12.5. The Morgan fingerprint density at radius 2 is 1.90 bits per heavy atom. The van der Waals surface area contributed by atoms with Gasteiger partial charge in [0.15, 0.2) is 0 Å². The second-order valence-corrected chi connectivity index (χ2v) is 9.27. The fourth-order valence-electron chi connectivity index (χ4n) is 2.84. The maximum Gasteiger partial charge on any atom is 0.268 e. The van der Waals surface area contributed by atoms with Gasteiger partial charge < -0.3 is 14.5 Å². The lowest BCUT2D eigenvalue weighted by Gasteiger charge is -2.25. The minimum atomic E-state index is -4.19. The van der Waals surface area contributed by atoms with Crippen molar-refractivity contribution in [3.63, 3.8) is 0 Å². The molecule has 7 nitrogen and oxygen atoms in total. The first-order valence-corrected chi connectivity index (χ1v) is 11.3. The van der Waals surface area contributed by atoms with Gasteiger partial charge in [-0.25, -0.2) is 8.42 Å². The number of carbonyl (C=O) groups is 1. The van der Waals surface area contributed by atoms with Crippen LogP contribution < -0.4 is 14.4 Å². The van der Waals surface area contributed by atoms with E-state index in [9.17, 15) is 13.2 Å². The van der Waals surface area contributed by atoms with Crippen molar-refractivity contribution in [2.45, 2.75) is 18.4 Å². The Labute approximate surface area is 190 Å². The van der Waals surface area contributed by atoms with Gasteiger partial charge >= 0.3 is 0 Å². The number of sulfonamides is 1. The molecule has 0 saturated carbocycles. The Kier molecular flexibility index (Phi) is 7.15. The summed E-state index contributed by atoms with van der Waals surface area (Å²) >= 11 is 12.1. The SMILES string of the molecule is COc1ccc(C)cc1S(=O)(=O)N(CC(=O)NCc1ccco1)c1ccc(Cl)c(Cl)c1. The minimum Gasteiger partial charge on any atom is -0.495 e. The molecule has 1 aromatic heterocycles. The van der Waals surface area contributed by atoms with E-state index in [1.165, 1.54) is 37.6 Å². The molecular formula is C21H20Cl2N2O5S. The molecule has 164 valence electrons. The quantitative estimate of drug-likeness (QED) is 0.513. The molecule has 0 fully saturated rings. The standard InChI is InChI=1S/C21H20Cl2N2O5S/c1-14-5-8-19(29-2)20(10-14)31(27,28)25(15-6-7-17(22)18(23)11-15)13-21(26)24-12-16-4-3-9-30-16/h3-11H,12-13H2,1-2H3,(H,24,26). The van der Waals surface area contributed by atoms with Crippen LogP contribution in [0.4, 0.5) is 5.69 Å². The third kappa shape index (κ3) is 5.33. The molecule has 0 saturated heterocycles. The average Bonchev–Trinajstić information content (AvgIpc) is 3.26. The fraction of sp³-hybridized carbons (Fsp3) is 0.190. The van der Waals surface area contributed by atoms with Gasteiger partial charge in [0.1, 0.15) is 22.9 Å². The number of halogens is 2. The second-order valence-electron chi connectivity index (χ2n) is 6.62. The van der Waals surface area contributed by atoms with Crippen molar-refractivity contribution >= 4 is 44.8 Å². The van der Waals surface area contributed by atoms with Crippen molar-refractivity contribution in [3.05, 3.63) is 76.2 Å². The van der Waals surface area contributed by atoms with Crippen LogP contribution >= 0.6 is 23.2 Å². The topological polar surface area (TPSA) is 88.9 Å². The van der Waals surface area contributed by atoms with E-state index in [4.69, 9.17) is 32.4 Å². The summed E-state index contributed by atoms with van der Waals surface area (Å²) in [5, 5.41) is 3.07. The molecule has 0 bridgehead atoms. The highest BCUT2D eigenvalue weighted by atomic mass is 35.5. The number of hydrogen-bond acceptors (Lipinski definition) is 5. The van der Waals surface area contributed by atoms with Gasteiger partial charge in [0.25, 0.3) is 10.0 Å². The number of nitrogens with one attached hydrogen (secondary N) is 1. The largest absolute Gasteiger partial charge is 0.495 e. The molecule has 0 radical (unpaired) electrons. The van der Waals surface area contributed by atoms with E-state index >= 15 is 0 Å². The fourth-order valence-corrected chi connectivity index (χ4v) is 4.79. The molecule has 31 heavy (non-hydrogen) atoms. The summed E-state index contributed by atoms with van der Waals surface area (Å²) in [5.41, 5.74) is 0.904. The molecule has 1 amide bonds. The molecule has 1 N–H and O–H groups in total. The third-order valence-electron chi connectivity index (χ3n) is 4.41. The van der Waals surface area contributed by atoms with E-state index in [2.05, 4.69) is 5.32 Å². The van der Waals surface area contributed by atoms with Crippen LogP contribution in [0.3, 0.4) is 0 Å². The average molecular weight is 483 g/mol. The van der Waals surface area contributed by atoms with Crippen LogP contribution in [-0.2, 0) is 21.4 Å². The molecular weight excluding hydrogens is 463 g/mol. The van der Waals surface area contributed by atoms with Crippen molar-refractivity contribution in [1.29, 1.82) is 0 Å². The van der Waals surface area contributed by atoms with E-state index in [-0.39, 0.29) is 32.9 Å². The Morgan fingerprint density at radius 3 is 2.55 bits per heavy atom. The van der Waals surface area contributed by atoms with E-state index in [1.807, 2.05) is 0 Å². The maximum absolute atomic E-state index is 13.6. The van der Waals surface area contributed by atoms with E-state index in [0.29, 0.717) is 5.76 Å². The monoisotopic (exact) mass is 482 g/mol. The van der Waals surface area contributed by atoms with Crippen LogP contribution in [0.1, 0.15) is 11.3 Å². The highest BCUT2D eigenvalue weighted by Crippen LogP contribution is 2.33. The van der Waals surface area contributed by atoms with Crippen LogP contribution in [0.15, 0.2) is 64.1 Å². The summed E-state index contributed by atoms with van der Waals surface area (Å²) in [6.07, 6.45) is 1.48. The zero-order chi connectivity index (χ0) is 22.6. The predicted octanol–water partition coefficient (Wildman–Crippen LogP) is 4.42. The number of methoxy groups -OCH3 is 1. The third-order valence-corrected chi connectivity index (χ3v) is 6.94. The zero-order valence-corrected chi connectivity index (χ0v) is 19.1. The van der Waals surface area contributed by atoms with Crippen LogP contribution in [0, 0.1) is 6.92 Å². The van der Waals surface area contributed by atoms with Crippen molar-refractivity contribution in [2.24, 2.45) is 0 Å². The maximum atomic E-state index is 13.6. The number of furan rings is 1. The smallest absolute Gasteiger partial charge is 0.268 e. The summed E-state index contributed by atoms with van der Waals surface area (Å²) < 4.78 is 38.6. The number of nitrogens with zero attached hydrogens (tertiary/aromatic N) is 1. The summed E-state index contributed by atoms with van der Waals surface area (Å²) in [7, 11) is -2.82. The highest BCUT2D eigenvalue weighted by molar-refractivity contribution is 7.93. The van der Waals surface area contributed by atoms with Gasteiger partial charge in [-0.15, -0.1) is 0 Å². The lowest BCUT2D eigenvalue weighted by molar-refractivity contribution is -0.119. The number of ether oxygens (including phenoxy) is 1. The first kappa shape index (κ1) is 23.0. The van der Waals surface area contributed by atoms with Crippen molar-refractivity contribution in [3.8, 4) is 5.75 Å². The van der Waals surface area contributed by atoms with Crippen molar-refractivity contribution in [2.75, 3.05) is 18.0 Å². The molecule has 0 aliphatic carbocycles. The molecule has 3 rings (SSSR count). The first-order valence-electron chi connectivity index (χ1n) is 9.14. The van der Waals surface area contributed by atoms with E-state index in [0.717, 1.165) is 9.87 Å². The number of rotatable bonds is 8. The lowest BCUT2D eigenvalue weighted by atomic mass is 10.2. The van der Waals surface area contributed by atoms with Crippen molar-refractivity contribution in [1.82, 2.24) is 5.32 Å². The van der Waals surface area contributed by atoms with Gasteiger partial charge in [0.2, 0.25) is 5.91 Å². The van der Waals surface area contributed by atoms with Crippen LogP contribution in [0.2, 0.25) is 10.0 Å².